The molecule has 0 unspecified atom stereocenters. The van der Waals surface area contributed by atoms with E-state index in [0.717, 1.165) is 12.3 Å². The molecule has 0 bridgehead atoms. The number of hydrogen-bond donors (Lipinski definition) is 1. The van der Waals surface area contributed by atoms with Crippen LogP contribution in [0.4, 0.5) is 0 Å². The van der Waals surface area contributed by atoms with E-state index in [1.54, 1.807) is 7.11 Å². The minimum atomic E-state index is 0.533. The van der Waals surface area contributed by atoms with E-state index >= 15 is 0 Å². The first-order valence-corrected chi connectivity index (χ1v) is 6.68. The van der Waals surface area contributed by atoms with E-state index in [4.69, 9.17) is 4.74 Å². The molecule has 2 nitrogen and oxygen atoms in total. The van der Waals surface area contributed by atoms with E-state index in [0.29, 0.717) is 6.04 Å². The van der Waals surface area contributed by atoms with Crippen molar-refractivity contribution >= 4 is 10.8 Å². The van der Waals surface area contributed by atoms with Gasteiger partial charge in [0.15, 0.2) is 0 Å². The van der Waals surface area contributed by atoms with Crippen molar-refractivity contribution in [3.8, 4) is 5.75 Å². The average Bonchev–Trinajstić information content (AvgIpc) is 2.47. The molecule has 1 aliphatic heterocycles. The molecule has 0 aromatic heterocycles. The van der Waals surface area contributed by atoms with E-state index in [-0.39, 0.29) is 0 Å². The summed E-state index contributed by atoms with van der Waals surface area (Å²) in [5.74, 6) is 0.922. The maximum atomic E-state index is 5.26. The molecule has 0 saturated carbocycles. The van der Waals surface area contributed by atoms with Crippen LogP contribution >= 0.6 is 0 Å². The lowest BCUT2D eigenvalue weighted by Crippen LogP contribution is -2.26. The Kier molecular flexibility index (Phi) is 3.20. The SMILES string of the molecule is COc1ccc2cc([C@H]3CCCCN3)ccc2c1. The van der Waals surface area contributed by atoms with Gasteiger partial charge in [-0.3, -0.25) is 0 Å². The predicted octanol–water partition coefficient (Wildman–Crippen LogP) is 3.66. The highest BCUT2D eigenvalue weighted by atomic mass is 16.5. The second kappa shape index (κ2) is 4.99. The first kappa shape index (κ1) is 11.5. The van der Waals surface area contributed by atoms with Gasteiger partial charge in [-0.05, 0) is 53.9 Å². The van der Waals surface area contributed by atoms with Gasteiger partial charge in [-0.2, -0.15) is 0 Å². The fourth-order valence-electron chi connectivity index (χ4n) is 2.72. The maximum absolute atomic E-state index is 5.26. The Balaban J connectivity index is 1.95. The molecule has 2 aromatic rings. The Bertz CT molecular complexity index is 544. The number of rotatable bonds is 2. The van der Waals surface area contributed by atoms with Gasteiger partial charge in [-0.1, -0.05) is 24.6 Å². The third-order valence-electron chi connectivity index (χ3n) is 3.78. The summed E-state index contributed by atoms with van der Waals surface area (Å²) in [5, 5.41) is 6.13. The largest absolute Gasteiger partial charge is 0.497 e. The molecular formula is C16H19NO. The van der Waals surface area contributed by atoms with Crippen LogP contribution in [-0.2, 0) is 0 Å². The van der Waals surface area contributed by atoms with Gasteiger partial charge in [0.05, 0.1) is 7.11 Å². The van der Waals surface area contributed by atoms with E-state index < -0.39 is 0 Å². The van der Waals surface area contributed by atoms with E-state index in [2.05, 4.69) is 35.6 Å². The highest BCUT2D eigenvalue weighted by Crippen LogP contribution is 2.27. The van der Waals surface area contributed by atoms with Crippen LogP contribution in [0.2, 0.25) is 0 Å². The normalized spacial score (nSPS) is 19.9. The molecule has 1 saturated heterocycles. The van der Waals surface area contributed by atoms with Crippen LogP contribution < -0.4 is 10.1 Å². The summed E-state index contributed by atoms with van der Waals surface area (Å²) in [6.45, 7) is 1.14. The van der Waals surface area contributed by atoms with Gasteiger partial charge in [-0.15, -0.1) is 0 Å². The number of nitrogens with one attached hydrogen (secondary N) is 1. The number of piperidine rings is 1. The first-order chi connectivity index (χ1) is 8.86. The number of methoxy groups -OCH3 is 1. The van der Waals surface area contributed by atoms with Crippen LogP contribution in [0.15, 0.2) is 36.4 Å². The molecular weight excluding hydrogens is 222 g/mol. The minimum absolute atomic E-state index is 0.533. The van der Waals surface area contributed by atoms with Crippen LogP contribution in [0.25, 0.3) is 10.8 Å². The van der Waals surface area contributed by atoms with Crippen molar-refractivity contribution in [2.24, 2.45) is 0 Å². The molecule has 1 fully saturated rings. The molecule has 18 heavy (non-hydrogen) atoms. The van der Waals surface area contributed by atoms with Crippen molar-refractivity contribution in [2.45, 2.75) is 25.3 Å². The number of fused-ring (bicyclic) bond motifs is 1. The zero-order valence-corrected chi connectivity index (χ0v) is 10.8. The van der Waals surface area contributed by atoms with Crippen molar-refractivity contribution in [3.63, 3.8) is 0 Å². The molecule has 94 valence electrons. The van der Waals surface area contributed by atoms with Gasteiger partial charge in [-0.25, -0.2) is 0 Å². The summed E-state index contributed by atoms with van der Waals surface area (Å²) < 4.78 is 5.26. The highest BCUT2D eigenvalue weighted by molar-refractivity contribution is 5.84. The zero-order valence-electron chi connectivity index (χ0n) is 10.8. The van der Waals surface area contributed by atoms with Crippen LogP contribution in [0, 0.1) is 0 Å². The zero-order chi connectivity index (χ0) is 12.4. The maximum Gasteiger partial charge on any atom is 0.119 e. The van der Waals surface area contributed by atoms with Crippen molar-refractivity contribution in [1.29, 1.82) is 0 Å². The quantitative estimate of drug-likeness (QED) is 0.866. The molecule has 1 N–H and O–H groups in total. The fraction of sp³-hybridized carbons (Fsp3) is 0.375. The van der Waals surface area contributed by atoms with Gasteiger partial charge >= 0.3 is 0 Å². The average molecular weight is 241 g/mol. The standard InChI is InChI=1S/C16H19NO/c1-18-15-8-7-12-10-14(6-5-13(12)11-15)16-4-2-3-9-17-16/h5-8,10-11,16-17H,2-4,9H2,1H3/t16-/m1/s1. The molecule has 0 spiro atoms. The second-order valence-electron chi connectivity index (χ2n) is 4.98. The third-order valence-corrected chi connectivity index (χ3v) is 3.78. The van der Waals surface area contributed by atoms with Gasteiger partial charge in [0.25, 0.3) is 0 Å². The summed E-state index contributed by atoms with van der Waals surface area (Å²) in [4.78, 5) is 0. The highest BCUT2D eigenvalue weighted by Gasteiger charge is 2.14. The molecule has 1 atom stereocenters. The molecule has 0 radical (unpaired) electrons. The molecule has 3 rings (SSSR count). The summed E-state index contributed by atoms with van der Waals surface area (Å²) in [7, 11) is 1.71. The monoisotopic (exact) mass is 241 g/mol. The van der Waals surface area contributed by atoms with E-state index in [1.165, 1.54) is 35.6 Å². The Labute approximate surface area is 108 Å². The van der Waals surface area contributed by atoms with Crippen LogP contribution in [0.3, 0.4) is 0 Å². The van der Waals surface area contributed by atoms with Gasteiger partial charge < -0.3 is 10.1 Å². The van der Waals surface area contributed by atoms with Gasteiger partial charge in [0, 0.05) is 6.04 Å². The number of benzene rings is 2. The Morgan fingerprint density at radius 2 is 1.89 bits per heavy atom. The lowest BCUT2D eigenvalue weighted by molar-refractivity contribution is 0.412. The van der Waals surface area contributed by atoms with Gasteiger partial charge in [0.2, 0.25) is 0 Å². The summed E-state index contributed by atoms with van der Waals surface area (Å²) >= 11 is 0. The molecule has 2 aromatic carbocycles. The molecule has 2 heteroatoms. The number of hydrogen-bond acceptors (Lipinski definition) is 2. The Hall–Kier alpha value is -1.54. The molecule has 1 heterocycles. The lowest BCUT2D eigenvalue weighted by atomic mass is 9.95. The lowest BCUT2D eigenvalue weighted by Gasteiger charge is -2.24. The Morgan fingerprint density at radius 3 is 2.67 bits per heavy atom. The van der Waals surface area contributed by atoms with Gasteiger partial charge in [0.1, 0.15) is 5.75 Å². The predicted molar refractivity (Wildman–Crippen MR) is 75.1 cm³/mol. The molecule has 0 aliphatic carbocycles. The smallest absolute Gasteiger partial charge is 0.119 e. The van der Waals surface area contributed by atoms with Crippen molar-refractivity contribution in [1.82, 2.24) is 5.32 Å². The minimum Gasteiger partial charge on any atom is -0.497 e. The third kappa shape index (κ3) is 2.21. The summed E-state index contributed by atoms with van der Waals surface area (Å²) in [5.41, 5.74) is 1.41. The van der Waals surface area contributed by atoms with Crippen molar-refractivity contribution in [2.75, 3.05) is 13.7 Å². The summed E-state index contributed by atoms with van der Waals surface area (Å²) in [6, 6.07) is 13.5. The fourth-order valence-corrected chi connectivity index (χ4v) is 2.72. The second-order valence-corrected chi connectivity index (χ2v) is 4.98. The number of ether oxygens (including phenoxy) is 1. The topological polar surface area (TPSA) is 21.3 Å². The van der Waals surface area contributed by atoms with E-state index in [9.17, 15) is 0 Å². The first-order valence-electron chi connectivity index (χ1n) is 6.68. The molecule has 0 amide bonds. The Morgan fingerprint density at radius 1 is 1.06 bits per heavy atom. The van der Waals surface area contributed by atoms with Crippen molar-refractivity contribution < 1.29 is 4.74 Å². The van der Waals surface area contributed by atoms with Crippen LogP contribution in [0.5, 0.6) is 5.75 Å². The van der Waals surface area contributed by atoms with Crippen LogP contribution in [0.1, 0.15) is 30.9 Å². The van der Waals surface area contributed by atoms with Crippen LogP contribution in [-0.4, -0.2) is 13.7 Å². The molecule has 1 aliphatic rings. The van der Waals surface area contributed by atoms with E-state index in [1.807, 2.05) is 6.07 Å². The summed E-state index contributed by atoms with van der Waals surface area (Å²) in [6.07, 6.45) is 3.89. The van der Waals surface area contributed by atoms with Crippen molar-refractivity contribution in [3.05, 3.63) is 42.0 Å².